The van der Waals surface area contributed by atoms with Crippen LogP contribution in [0, 0.1) is 23.7 Å². The number of rotatable bonds is 19. The van der Waals surface area contributed by atoms with E-state index in [9.17, 15) is 39.6 Å². The van der Waals surface area contributed by atoms with E-state index in [-0.39, 0.29) is 19.3 Å². The third-order valence-corrected chi connectivity index (χ3v) is 5.70. The average molecular weight is 431 g/mol. The molecule has 0 fully saturated rings. The molecule has 30 heavy (non-hydrogen) atoms. The summed E-state index contributed by atoms with van der Waals surface area (Å²) in [6, 6.07) is 0. The molecule has 8 nitrogen and oxygen atoms in total. The van der Waals surface area contributed by atoms with Crippen LogP contribution in [0.3, 0.4) is 0 Å². The van der Waals surface area contributed by atoms with Crippen molar-refractivity contribution in [3.8, 4) is 0 Å². The normalized spacial score (nSPS) is 15.1. The number of carboxylic acids is 4. The molecule has 8 heteroatoms. The van der Waals surface area contributed by atoms with Gasteiger partial charge >= 0.3 is 23.9 Å². The summed E-state index contributed by atoms with van der Waals surface area (Å²) in [7, 11) is 0. The topological polar surface area (TPSA) is 149 Å². The average Bonchev–Trinajstić information content (AvgIpc) is 2.66. The Morgan fingerprint density at radius 2 is 1.03 bits per heavy atom. The third-order valence-electron chi connectivity index (χ3n) is 5.70. The van der Waals surface area contributed by atoms with Crippen LogP contribution in [0.1, 0.15) is 90.9 Å². The number of carbonyl (C=O) groups is 4. The van der Waals surface area contributed by atoms with Crippen molar-refractivity contribution in [2.24, 2.45) is 23.7 Å². The van der Waals surface area contributed by atoms with E-state index in [1.807, 2.05) is 6.92 Å². The van der Waals surface area contributed by atoms with Gasteiger partial charge in [0.05, 0.1) is 23.7 Å². The van der Waals surface area contributed by atoms with E-state index in [1.54, 1.807) is 0 Å². The van der Waals surface area contributed by atoms with Gasteiger partial charge in [0.1, 0.15) is 0 Å². The highest BCUT2D eigenvalue weighted by Gasteiger charge is 2.38. The van der Waals surface area contributed by atoms with Gasteiger partial charge in [-0.15, -0.1) is 0 Å². The monoisotopic (exact) mass is 430 g/mol. The second-order valence-electron chi connectivity index (χ2n) is 8.13. The lowest BCUT2D eigenvalue weighted by atomic mass is 9.78. The number of aliphatic carboxylic acids is 4. The van der Waals surface area contributed by atoms with Gasteiger partial charge in [-0.05, 0) is 25.7 Å². The predicted molar refractivity (Wildman–Crippen MR) is 111 cm³/mol. The Morgan fingerprint density at radius 3 is 1.50 bits per heavy atom. The Balaban J connectivity index is 5.13. The molecular formula is C22H38O8. The molecule has 0 heterocycles. The van der Waals surface area contributed by atoms with Gasteiger partial charge in [-0.3, -0.25) is 19.2 Å². The molecule has 0 rings (SSSR count). The van der Waals surface area contributed by atoms with E-state index < -0.39 is 47.5 Å². The van der Waals surface area contributed by atoms with Crippen molar-refractivity contribution in [2.75, 3.05) is 0 Å². The molecule has 0 aromatic rings. The van der Waals surface area contributed by atoms with Gasteiger partial charge in [-0.1, -0.05) is 65.2 Å². The maximum atomic E-state index is 11.7. The van der Waals surface area contributed by atoms with Crippen molar-refractivity contribution >= 4 is 23.9 Å². The fourth-order valence-electron chi connectivity index (χ4n) is 3.82. The smallest absolute Gasteiger partial charge is 0.307 e. The Bertz CT molecular complexity index is 545. The number of hydrogen-bond donors (Lipinski definition) is 4. The summed E-state index contributed by atoms with van der Waals surface area (Å²) >= 11 is 0. The number of unbranched alkanes of at least 4 members (excludes halogenated alkanes) is 6. The van der Waals surface area contributed by atoms with Crippen LogP contribution in [0.4, 0.5) is 0 Å². The minimum atomic E-state index is -1.36. The zero-order valence-electron chi connectivity index (χ0n) is 18.2. The molecule has 0 amide bonds. The van der Waals surface area contributed by atoms with E-state index in [1.165, 1.54) is 0 Å². The lowest BCUT2D eigenvalue weighted by molar-refractivity contribution is -0.157. The molecule has 0 aliphatic heterocycles. The molecule has 0 spiro atoms. The zero-order valence-corrected chi connectivity index (χ0v) is 18.2. The van der Waals surface area contributed by atoms with E-state index >= 15 is 0 Å². The van der Waals surface area contributed by atoms with Crippen LogP contribution in [0.2, 0.25) is 0 Å². The lowest BCUT2D eigenvalue weighted by Crippen LogP contribution is -2.34. The minimum absolute atomic E-state index is 0.148. The molecule has 0 saturated carbocycles. The van der Waals surface area contributed by atoms with Gasteiger partial charge in [0, 0.05) is 0 Å². The Morgan fingerprint density at radius 1 is 0.533 bits per heavy atom. The molecule has 0 aromatic carbocycles. The fraction of sp³-hybridized carbons (Fsp3) is 0.818. The van der Waals surface area contributed by atoms with Crippen LogP contribution in [-0.4, -0.2) is 44.3 Å². The van der Waals surface area contributed by atoms with Gasteiger partial charge in [-0.2, -0.15) is 0 Å². The summed E-state index contributed by atoms with van der Waals surface area (Å²) in [4.78, 5) is 46.6. The van der Waals surface area contributed by atoms with E-state index in [0.29, 0.717) is 25.7 Å². The highest BCUT2D eigenvalue weighted by atomic mass is 16.4. The highest BCUT2D eigenvalue weighted by molar-refractivity contribution is 5.81. The van der Waals surface area contributed by atoms with Crippen molar-refractivity contribution in [1.29, 1.82) is 0 Å². The zero-order chi connectivity index (χ0) is 23.1. The Kier molecular flexibility index (Phi) is 14.6. The first-order valence-electron chi connectivity index (χ1n) is 11.1. The molecule has 4 unspecified atom stereocenters. The minimum Gasteiger partial charge on any atom is -0.481 e. The van der Waals surface area contributed by atoms with Crippen molar-refractivity contribution in [2.45, 2.75) is 90.9 Å². The standard InChI is InChI=1S/C22H38O8/c1-3-5-7-8-9-10-11-15(19(23)24)13-16(20(25)26)14-18(22(29)30)17(21(27)28)12-6-4-2/h15-18H,3-14H2,1-2H3,(H,23,24)(H,25,26)(H,27,28)(H,29,30). The fourth-order valence-corrected chi connectivity index (χ4v) is 3.82. The quantitative estimate of drug-likeness (QED) is 0.219. The summed E-state index contributed by atoms with van der Waals surface area (Å²) in [5.41, 5.74) is 0. The third kappa shape index (κ3) is 11.2. The van der Waals surface area contributed by atoms with Gasteiger partial charge in [-0.25, -0.2) is 0 Å². The first-order valence-corrected chi connectivity index (χ1v) is 11.1. The van der Waals surface area contributed by atoms with Gasteiger partial charge in [0.25, 0.3) is 0 Å². The van der Waals surface area contributed by atoms with Crippen LogP contribution >= 0.6 is 0 Å². The predicted octanol–water partition coefficient (Wildman–Crippen LogP) is 4.51. The molecule has 0 aliphatic carbocycles. The van der Waals surface area contributed by atoms with Crippen LogP contribution < -0.4 is 0 Å². The Labute approximate surface area is 178 Å². The van der Waals surface area contributed by atoms with Crippen molar-refractivity contribution in [3.05, 3.63) is 0 Å². The van der Waals surface area contributed by atoms with E-state index in [2.05, 4.69) is 6.92 Å². The molecule has 174 valence electrons. The lowest BCUT2D eigenvalue weighted by Gasteiger charge is -2.25. The first-order chi connectivity index (χ1) is 14.1. The molecule has 0 bridgehead atoms. The summed E-state index contributed by atoms with van der Waals surface area (Å²) in [5.74, 6) is -9.64. The maximum absolute atomic E-state index is 11.7. The van der Waals surface area contributed by atoms with Gasteiger partial charge in [0.15, 0.2) is 0 Å². The van der Waals surface area contributed by atoms with Crippen LogP contribution in [0.5, 0.6) is 0 Å². The van der Waals surface area contributed by atoms with Crippen LogP contribution in [0.25, 0.3) is 0 Å². The van der Waals surface area contributed by atoms with Crippen molar-refractivity contribution in [3.63, 3.8) is 0 Å². The Hall–Kier alpha value is -2.12. The molecule has 4 atom stereocenters. The largest absolute Gasteiger partial charge is 0.481 e. The summed E-state index contributed by atoms with van der Waals surface area (Å²) < 4.78 is 0. The SMILES string of the molecule is CCCCCCCCC(CC(CC(C(=O)O)C(CCCC)C(=O)O)C(=O)O)C(=O)O. The summed E-state index contributed by atoms with van der Waals surface area (Å²) in [6.45, 7) is 3.96. The number of hydrogen-bond acceptors (Lipinski definition) is 4. The first kappa shape index (κ1) is 27.9. The molecule has 4 N–H and O–H groups in total. The van der Waals surface area contributed by atoms with Crippen LogP contribution in [-0.2, 0) is 19.2 Å². The molecule has 0 radical (unpaired) electrons. The van der Waals surface area contributed by atoms with Crippen LogP contribution in [0.15, 0.2) is 0 Å². The second-order valence-corrected chi connectivity index (χ2v) is 8.13. The molecule has 0 aliphatic rings. The summed E-state index contributed by atoms with van der Waals surface area (Å²) in [6.07, 6.45) is 6.99. The van der Waals surface area contributed by atoms with E-state index in [0.717, 1.165) is 32.1 Å². The second kappa shape index (κ2) is 15.7. The maximum Gasteiger partial charge on any atom is 0.307 e. The van der Waals surface area contributed by atoms with Gasteiger partial charge in [0.2, 0.25) is 0 Å². The van der Waals surface area contributed by atoms with E-state index in [4.69, 9.17) is 0 Å². The highest BCUT2D eigenvalue weighted by Crippen LogP contribution is 2.31. The number of carboxylic acid groups (broad SMARTS) is 4. The van der Waals surface area contributed by atoms with Gasteiger partial charge < -0.3 is 20.4 Å². The molecule has 0 aromatic heterocycles. The van der Waals surface area contributed by atoms with Crippen molar-refractivity contribution in [1.82, 2.24) is 0 Å². The molecule has 0 saturated heterocycles. The molecular weight excluding hydrogens is 392 g/mol. The van der Waals surface area contributed by atoms with Crippen molar-refractivity contribution < 1.29 is 39.6 Å². The summed E-state index contributed by atoms with van der Waals surface area (Å²) in [5, 5.41) is 38.0.